The van der Waals surface area contributed by atoms with Crippen molar-refractivity contribution < 1.29 is 21.6 Å². The van der Waals surface area contributed by atoms with Crippen molar-refractivity contribution in [1.29, 1.82) is 0 Å². The highest BCUT2D eigenvalue weighted by molar-refractivity contribution is 7.90. The molecule has 0 amide bonds. The molecule has 0 rings (SSSR count). The molecule has 0 heterocycles. The Morgan fingerprint density at radius 2 is 1.71 bits per heavy atom. The minimum absolute atomic E-state index is 0.170. The molecule has 0 spiro atoms. The van der Waals surface area contributed by atoms with Gasteiger partial charge in [0.1, 0.15) is 0 Å². The van der Waals surface area contributed by atoms with Crippen LogP contribution in [0.5, 0.6) is 0 Å². The van der Waals surface area contributed by atoms with Crippen molar-refractivity contribution in [3.05, 3.63) is 0 Å². The first-order chi connectivity index (χ1) is 6.18. The summed E-state index contributed by atoms with van der Waals surface area (Å²) >= 11 is 0. The zero-order valence-corrected chi connectivity index (χ0v) is 9.11. The third-order valence-corrected chi connectivity index (χ3v) is 3.82. The van der Waals surface area contributed by atoms with Crippen molar-refractivity contribution in [3.8, 4) is 0 Å². The maximum atomic E-state index is 12.1. The van der Waals surface area contributed by atoms with Crippen LogP contribution in [-0.2, 0) is 10.0 Å². The fourth-order valence-electron chi connectivity index (χ4n) is 1.06. The Labute approximate surface area is 81.9 Å². The second kappa shape index (κ2) is 4.48. The quantitative estimate of drug-likeness (QED) is 0.744. The van der Waals surface area contributed by atoms with Crippen LogP contribution in [0, 0.1) is 0 Å². The third kappa shape index (κ3) is 2.60. The predicted molar refractivity (Wildman–Crippen MR) is 47.1 cm³/mol. The maximum Gasteiger partial charge on any atom is 0.511 e. The smallest absolute Gasteiger partial charge is 0.203 e. The average molecular weight is 233 g/mol. The van der Waals surface area contributed by atoms with Gasteiger partial charge in [0, 0.05) is 12.6 Å². The third-order valence-electron chi connectivity index (χ3n) is 2.00. The molecule has 0 N–H and O–H groups in total. The van der Waals surface area contributed by atoms with Crippen LogP contribution in [0.2, 0.25) is 0 Å². The molecule has 7 heteroatoms. The zero-order valence-electron chi connectivity index (χ0n) is 8.30. The largest absolute Gasteiger partial charge is 0.511 e. The second-order valence-electron chi connectivity index (χ2n) is 2.91. The van der Waals surface area contributed by atoms with Gasteiger partial charge in [-0.05, 0) is 13.3 Å². The van der Waals surface area contributed by atoms with Gasteiger partial charge in [0.05, 0.1) is 0 Å². The normalized spacial score (nSPS) is 15.9. The van der Waals surface area contributed by atoms with Crippen LogP contribution in [0.15, 0.2) is 0 Å². The molecule has 86 valence electrons. The molecular formula is C7H14F3NO2S. The highest BCUT2D eigenvalue weighted by atomic mass is 32.2. The standard InChI is InChI=1S/C7H14F3NO2S/c1-4-6(3)11(5-2)14(12,13)7(8,9)10/h6H,4-5H2,1-3H3. The number of halogens is 3. The predicted octanol–water partition coefficient (Wildman–Crippen LogP) is 1.96. The molecule has 0 fully saturated rings. The van der Waals surface area contributed by atoms with Crippen LogP contribution < -0.4 is 0 Å². The fourth-order valence-corrected chi connectivity index (χ4v) is 2.28. The van der Waals surface area contributed by atoms with E-state index in [1.54, 1.807) is 6.92 Å². The first kappa shape index (κ1) is 13.7. The fraction of sp³-hybridized carbons (Fsp3) is 1.00. The Balaban J connectivity index is 5.05. The van der Waals surface area contributed by atoms with Crippen LogP contribution in [-0.4, -0.2) is 30.8 Å². The number of hydrogen-bond donors (Lipinski definition) is 0. The lowest BCUT2D eigenvalue weighted by Crippen LogP contribution is -2.45. The summed E-state index contributed by atoms with van der Waals surface area (Å²) in [5, 5.41) is 0. The summed E-state index contributed by atoms with van der Waals surface area (Å²) in [5.41, 5.74) is -5.20. The first-order valence-corrected chi connectivity index (χ1v) is 5.70. The van der Waals surface area contributed by atoms with E-state index in [2.05, 4.69) is 0 Å². The van der Waals surface area contributed by atoms with E-state index in [1.807, 2.05) is 0 Å². The molecule has 0 bridgehead atoms. The van der Waals surface area contributed by atoms with Crippen molar-refractivity contribution in [2.45, 2.75) is 38.7 Å². The van der Waals surface area contributed by atoms with E-state index in [0.29, 0.717) is 10.7 Å². The van der Waals surface area contributed by atoms with Gasteiger partial charge in [0.25, 0.3) is 0 Å². The molecule has 0 aliphatic carbocycles. The Kier molecular flexibility index (Phi) is 4.38. The lowest BCUT2D eigenvalue weighted by Gasteiger charge is -2.26. The zero-order chi connectivity index (χ0) is 11.6. The lowest BCUT2D eigenvalue weighted by atomic mass is 10.3. The van der Waals surface area contributed by atoms with Gasteiger partial charge in [0.15, 0.2) is 0 Å². The van der Waals surface area contributed by atoms with E-state index in [-0.39, 0.29) is 6.54 Å². The molecule has 0 aliphatic rings. The van der Waals surface area contributed by atoms with Gasteiger partial charge in [-0.15, -0.1) is 0 Å². The van der Waals surface area contributed by atoms with E-state index >= 15 is 0 Å². The van der Waals surface area contributed by atoms with Crippen molar-refractivity contribution in [1.82, 2.24) is 4.31 Å². The van der Waals surface area contributed by atoms with Crippen molar-refractivity contribution in [3.63, 3.8) is 0 Å². The molecule has 14 heavy (non-hydrogen) atoms. The Morgan fingerprint density at radius 3 is 1.93 bits per heavy atom. The summed E-state index contributed by atoms with van der Waals surface area (Å²) in [5.74, 6) is 0. The molecule has 0 aromatic heterocycles. The Morgan fingerprint density at radius 1 is 1.29 bits per heavy atom. The molecular weight excluding hydrogens is 219 g/mol. The maximum absolute atomic E-state index is 12.1. The minimum atomic E-state index is -5.20. The topological polar surface area (TPSA) is 37.4 Å². The van der Waals surface area contributed by atoms with Gasteiger partial charge in [-0.1, -0.05) is 13.8 Å². The molecule has 0 aliphatic heterocycles. The van der Waals surface area contributed by atoms with E-state index in [0.717, 1.165) is 0 Å². The number of sulfonamides is 1. The molecule has 0 saturated heterocycles. The molecule has 0 aromatic carbocycles. The average Bonchev–Trinajstić information content (AvgIpc) is 2.02. The van der Waals surface area contributed by atoms with Crippen LogP contribution in [0.4, 0.5) is 13.2 Å². The highest BCUT2D eigenvalue weighted by Crippen LogP contribution is 2.28. The van der Waals surface area contributed by atoms with Crippen LogP contribution >= 0.6 is 0 Å². The van der Waals surface area contributed by atoms with Gasteiger partial charge in [-0.25, -0.2) is 8.42 Å². The van der Waals surface area contributed by atoms with Crippen LogP contribution in [0.3, 0.4) is 0 Å². The summed E-state index contributed by atoms with van der Waals surface area (Å²) in [6.45, 7) is 4.30. The van der Waals surface area contributed by atoms with Gasteiger partial charge in [-0.2, -0.15) is 17.5 Å². The summed E-state index contributed by atoms with van der Waals surface area (Å²) in [4.78, 5) is 0. The summed E-state index contributed by atoms with van der Waals surface area (Å²) < 4.78 is 58.8. The summed E-state index contributed by atoms with van der Waals surface area (Å²) in [7, 11) is -5.17. The number of rotatable bonds is 4. The molecule has 0 radical (unpaired) electrons. The van der Waals surface area contributed by atoms with Crippen molar-refractivity contribution >= 4 is 10.0 Å². The van der Waals surface area contributed by atoms with Crippen LogP contribution in [0.25, 0.3) is 0 Å². The molecule has 3 nitrogen and oxygen atoms in total. The van der Waals surface area contributed by atoms with Crippen LogP contribution in [0.1, 0.15) is 27.2 Å². The van der Waals surface area contributed by atoms with Gasteiger partial charge >= 0.3 is 15.5 Å². The van der Waals surface area contributed by atoms with E-state index in [1.165, 1.54) is 13.8 Å². The Bertz CT molecular complexity index is 273. The van der Waals surface area contributed by atoms with Crippen molar-refractivity contribution in [2.75, 3.05) is 6.54 Å². The lowest BCUT2D eigenvalue weighted by molar-refractivity contribution is -0.0498. The van der Waals surface area contributed by atoms with Gasteiger partial charge in [0.2, 0.25) is 0 Å². The number of hydrogen-bond acceptors (Lipinski definition) is 2. The van der Waals surface area contributed by atoms with Gasteiger partial charge < -0.3 is 0 Å². The van der Waals surface area contributed by atoms with Gasteiger partial charge in [-0.3, -0.25) is 0 Å². The number of nitrogens with zero attached hydrogens (tertiary/aromatic N) is 1. The van der Waals surface area contributed by atoms with Crippen molar-refractivity contribution in [2.24, 2.45) is 0 Å². The highest BCUT2D eigenvalue weighted by Gasteiger charge is 2.50. The molecule has 1 atom stereocenters. The SMILES string of the molecule is CCC(C)N(CC)S(=O)(=O)C(F)(F)F. The molecule has 0 saturated carbocycles. The number of alkyl halides is 3. The summed E-state index contributed by atoms with van der Waals surface area (Å²) in [6, 6.07) is -0.633. The minimum Gasteiger partial charge on any atom is -0.203 e. The summed E-state index contributed by atoms with van der Waals surface area (Å²) in [6.07, 6.45) is 0.350. The van der Waals surface area contributed by atoms with E-state index < -0.39 is 21.6 Å². The Hall–Kier alpha value is -0.300. The molecule has 0 aromatic rings. The monoisotopic (exact) mass is 233 g/mol. The first-order valence-electron chi connectivity index (χ1n) is 4.26. The second-order valence-corrected chi connectivity index (χ2v) is 4.79. The van der Waals surface area contributed by atoms with E-state index in [9.17, 15) is 21.6 Å². The van der Waals surface area contributed by atoms with E-state index in [4.69, 9.17) is 0 Å². The molecule has 1 unspecified atom stereocenters.